The summed E-state index contributed by atoms with van der Waals surface area (Å²) in [6.07, 6.45) is 2.47. The molecule has 3 nitrogen and oxygen atoms in total. The number of pyridine rings is 1. The third-order valence-corrected chi connectivity index (χ3v) is 3.71. The largest absolute Gasteiger partial charge is 0.438 e. The van der Waals surface area contributed by atoms with Gasteiger partial charge in [-0.3, -0.25) is 0 Å². The van der Waals surface area contributed by atoms with E-state index in [-0.39, 0.29) is 0 Å². The highest BCUT2D eigenvalue weighted by Gasteiger charge is 2.12. The van der Waals surface area contributed by atoms with Gasteiger partial charge >= 0.3 is 0 Å². The van der Waals surface area contributed by atoms with Crippen LogP contribution in [-0.2, 0) is 6.42 Å². The molecule has 4 heteroatoms. The van der Waals surface area contributed by atoms with E-state index in [1.807, 2.05) is 31.2 Å². The molecule has 21 heavy (non-hydrogen) atoms. The summed E-state index contributed by atoms with van der Waals surface area (Å²) in [7, 11) is 0. The van der Waals surface area contributed by atoms with Gasteiger partial charge in [0, 0.05) is 16.8 Å². The zero-order chi connectivity index (χ0) is 15.4. The number of aromatic nitrogens is 1. The molecule has 2 rings (SSSR count). The molecule has 1 heterocycles. The van der Waals surface area contributed by atoms with Gasteiger partial charge in [-0.25, -0.2) is 4.98 Å². The monoisotopic (exact) mass is 304 g/mol. The van der Waals surface area contributed by atoms with Gasteiger partial charge in [-0.15, -0.1) is 0 Å². The first-order valence-corrected chi connectivity index (χ1v) is 7.52. The second kappa shape index (κ2) is 6.92. The zero-order valence-electron chi connectivity index (χ0n) is 12.7. The van der Waals surface area contributed by atoms with Gasteiger partial charge in [0.05, 0.1) is 0 Å². The molecule has 0 atom stereocenters. The van der Waals surface area contributed by atoms with Crippen LogP contribution in [0.2, 0.25) is 5.02 Å². The normalized spacial score (nSPS) is 11.0. The van der Waals surface area contributed by atoms with Gasteiger partial charge in [0.15, 0.2) is 0 Å². The maximum atomic E-state index is 6.29. The first-order chi connectivity index (χ1) is 10.0. The summed E-state index contributed by atoms with van der Waals surface area (Å²) < 4.78 is 6.01. The van der Waals surface area contributed by atoms with E-state index in [1.54, 1.807) is 6.20 Å². The molecule has 0 spiro atoms. The average molecular weight is 305 g/mol. The molecule has 112 valence electrons. The maximum absolute atomic E-state index is 6.29. The lowest BCUT2D eigenvalue weighted by atomic mass is 10.0. The van der Waals surface area contributed by atoms with Crippen LogP contribution in [0.5, 0.6) is 11.6 Å². The SMILES string of the molecule is Cc1cc(Cl)c(C(C)C)cc1Oc1ncccc1CCN. The molecule has 0 fully saturated rings. The standard InChI is InChI=1S/C17H21ClN2O/c1-11(2)14-10-16(12(3)9-15(14)18)21-17-13(6-7-19)5-4-8-20-17/h4-5,8-11H,6-7,19H2,1-3H3. The molecule has 0 saturated heterocycles. The number of hydrogen-bond donors (Lipinski definition) is 1. The second-order valence-corrected chi connectivity index (χ2v) is 5.81. The minimum atomic E-state index is 0.340. The van der Waals surface area contributed by atoms with Crippen LogP contribution in [0.15, 0.2) is 30.5 Å². The smallest absolute Gasteiger partial charge is 0.222 e. The lowest BCUT2D eigenvalue weighted by molar-refractivity contribution is 0.452. The molecule has 0 aliphatic heterocycles. The molecule has 2 N–H and O–H groups in total. The van der Waals surface area contributed by atoms with Crippen LogP contribution in [-0.4, -0.2) is 11.5 Å². The first kappa shape index (κ1) is 15.8. The highest BCUT2D eigenvalue weighted by Crippen LogP contribution is 2.34. The third kappa shape index (κ3) is 3.74. The van der Waals surface area contributed by atoms with E-state index in [1.165, 1.54) is 0 Å². The van der Waals surface area contributed by atoms with E-state index < -0.39 is 0 Å². The van der Waals surface area contributed by atoms with Gasteiger partial charge in [-0.1, -0.05) is 31.5 Å². The lowest BCUT2D eigenvalue weighted by Gasteiger charge is -2.15. The van der Waals surface area contributed by atoms with Crippen molar-refractivity contribution in [2.75, 3.05) is 6.54 Å². The number of benzene rings is 1. The summed E-state index contributed by atoms with van der Waals surface area (Å²) in [5.74, 6) is 1.75. The van der Waals surface area contributed by atoms with E-state index in [4.69, 9.17) is 22.1 Å². The van der Waals surface area contributed by atoms with E-state index in [0.29, 0.717) is 18.3 Å². The fourth-order valence-corrected chi connectivity index (χ4v) is 2.62. The Morgan fingerprint density at radius 1 is 1.33 bits per heavy atom. The number of aryl methyl sites for hydroxylation is 1. The van der Waals surface area contributed by atoms with Crippen molar-refractivity contribution in [2.45, 2.75) is 33.1 Å². The summed E-state index contributed by atoms with van der Waals surface area (Å²) >= 11 is 6.29. The number of ether oxygens (including phenoxy) is 1. The van der Waals surface area contributed by atoms with Crippen molar-refractivity contribution >= 4 is 11.6 Å². The molecule has 0 aliphatic carbocycles. The Balaban J connectivity index is 2.38. The molecule has 2 aromatic rings. The Labute approximate surface area is 131 Å². The quantitative estimate of drug-likeness (QED) is 0.887. The topological polar surface area (TPSA) is 48.1 Å². The maximum Gasteiger partial charge on any atom is 0.222 e. The first-order valence-electron chi connectivity index (χ1n) is 7.14. The van der Waals surface area contributed by atoms with Crippen LogP contribution < -0.4 is 10.5 Å². The highest BCUT2D eigenvalue weighted by molar-refractivity contribution is 6.31. The molecule has 1 aromatic carbocycles. The number of rotatable bonds is 5. The van der Waals surface area contributed by atoms with Gasteiger partial charge in [0.2, 0.25) is 5.88 Å². The van der Waals surface area contributed by atoms with Crippen LogP contribution in [0, 0.1) is 6.92 Å². The Hall–Kier alpha value is -1.58. The molecule has 0 aliphatic rings. The van der Waals surface area contributed by atoms with Crippen LogP contribution in [0.25, 0.3) is 0 Å². The number of nitrogens with two attached hydrogens (primary N) is 1. The summed E-state index contributed by atoms with van der Waals surface area (Å²) in [5.41, 5.74) is 8.72. The lowest BCUT2D eigenvalue weighted by Crippen LogP contribution is -2.05. The van der Waals surface area contributed by atoms with Gasteiger partial charge in [0.1, 0.15) is 5.75 Å². The van der Waals surface area contributed by atoms with E-state index >= 15 is 0 Å². The van der Waals surface area contributed by atoms with Crippen molar-refractivity contribution in [1.82, 2.24) is 4.98 Å². The van der Waals surface area contributed by atoms with Crippen LogP contribution in [0.4, 0.5) is 0 Å². The fraction of sp³-hybridized carbons (Fsp3) is 0.353. The number of halogens is 1. The molecular formula is C17H21ClN2O. The van der Waals surface area contributed by atoms with Crippen molar-refractivity contribution in [2.24, 2.45) is 5.73 Å². The van der Waals surface area contributed by atoms with Crippen LogP contribution >= 0.6 is 11.6 Å². The van der Waals surface area contributed by atoms with Crippen LogP contribution in [0.3, 0.4) is 0 Å². The Morgan fingerprint density at radius 3 is 2.76 bits per heavy atom. The van der Waals surface area contributed by atoms with Crippen molar-refractivity contribution in [3.63, 3.8) is 0 Å². The summed E-state index contributed by atoms with van der Waals surface area (Å²) in [6, 6.07) is 7.83. The van der Waals surface area contributed by atoms with Crippen molar-refractivity contribution in [1.29, 1.82) is 0 Å². The van der Waals surface area contributed by atoms with Crippen molar-refractivity contribution in [3.05, 3.63) is 52.2 Å². The van der Waals surface area contributed by atoms with E-state index in [9.17, 15) is 0 Å². The van der Waals surface area contributed by atoms with E-state index in [0.717, 1.165) is 33.9 Å². The Bertz CT molecular complexity index is 626. The zero-order valence-corrected chi connectivity index (χ0v) is 13.4. The molecule has 0 amide bonds. The molecule has 0 unspecified atom stereocenters. The summed E-state index contributed by atoms with van der Waals surface area (Å²) in [5, 5.41) is 0.776. The third-order valence-electron chi connectivity index (χ3n) is 3.39. The number of hydrogen-bond acceptors (Lipinski definition) is 3. The number of nitrogens with zero attached hydrogens (tertiary/aromatic N) is 1. The Kier molecular flexibility index (Phi) is 5.21. The van der Waals surface area contributed by atoms with Gasteiger partial charge in [0.25, 0.3) is 0 Å². The van der Waals surface area contributed by atoms with Crippen molar-refractivity contribution in [3.8, 4) is 11.6 Å². The minimum Gasteiger partial charge on any atom is -0.438 e. The van der Waals surface area contributed by atoms with E-state index in [2.05, 4.69) is 18.8 Å². The predicted molar refractivity (Wildman–Crippen MR) is 87.3 cm³/mol. The predicted octanol–water partition coefficient (Wildman–Crippen LogP) is 4.46. The molecule has 0 saturated carbocycles. The summed E-state index contributed by atoms with van der Waals surface area (Å²) in [6.45, 7) is 6.78. The second-order valence-electron chi connectivity index (χ2n) is 5.40. The Morgan fingerprint density at radius 2 is 2.10 bits per heavy atom. The highest BCUT2D eigenvalue weighted by atomic mass is 35.5. The van der Waals surface area contributed by atoms with Crippen molar-refractivity contribution < 1.29 is 4.74 Å². The van der Waals surface area contributed by atoms with Crippen LogP contribution in [0.1, 0.15) is 36.5 Å². The average Bonchev–Trinajstić information content (AvgIpc) is 2.43. The molecule has 1 aromatic heterocycles. The molecule has 0 bridgehead atoms. The fourth-order valence-electron chi connectivity index (χ4n) is 2.19. The van der Waals surface area contributed by atoms with Gasteiger partial charge < -0.3 is 10.5 Å². The van der Waals surface area contributed by atoms with Gasteiger partial charge in [-0.05, 0) is 55.1 Å². The molecular weight excluding hydrogens is 284 g/mol. The van der Waals surface area contributed by atoms with Gasteiger partial charge in [-0.2, -0.15) is 0 Å². The minimum absolute atomic E-state index is 0.340. The summed E-state index contributed by atoms with van der Waals surface area (Å²) in [4.78, 5) is 4.32. The molecule has 0 radical (unpaired) electrons.